The van der Waals surface area contributed by atoms with Crippen molar-refractivity contribution in [3.8, 4) is 6.07 Å². The summed E-state index contributed by atoms with van der Waals surface area (Å²) in [5.41, 5.74) is 7.02. The summed E-state index contributed by atoms with van der Waals surface area (Å²) in [6.45, 7) is 12.1. The molecular weight excluding hydrogens is 280 g/mol. The summed E-state index contributed by atoms with van der Waals surface area (Å²) in [6, 6.07) is 14.3. The van der Waals surface area contributed by atoms with Gasteiger partial charge in [-0.1, -0.05) is 43.7 Å². The van der Waals surface area contributed by atoms with Crippen molar-refractivity contribution in [2.24, 2.45) is 0 Å². The number of nitrogens with zero attached hydrogens (tertiary/aromatic N) is 1. The number of benzene rings is 2. The summed E-state index contributed by atoms with van der Waals surface area (Å²) in [5, 5.41) is 11.6. The van der Waals surface area contributed by atoms with Gasteiger partial charge >= 0.3 is 0 Å². The van der Waals surface area contributed by atoms with Gasteiger partial charge in [0.1, 0.15) is 0 Å². The first-order valence-corrected chi connectivity index (χ1v) is 7.96. The van der Waals surface area contributed by atoms with Crippen LogP contribution in [0.2, 0.25) is 0 Å². The van der Waals surface area contributed by atoms with Gasteiger partial charge < -0.3 is 5.32 Å². The molecule has 2 aromatic carbocycles. The van der Waals surface area contributed by atoms with Crippen molar-refractivity contribution in [1.29, 1.82) is 5.26 Å². The second-order valence-electron chi connectivity index (χ2n) is 5.67. The van der Waals surface area contributed by atoms with Crippen molar-refractivity contribution < 1.29 is 0 Å². The third-order valence-corrected chi connectivity index (χ3v) is 3.63. The minimum Gasteiger partial charge on any atom is -0.362 e. The van der Waals surface area contributed by atoms with Gasteiger partial charge in [0.05, 0.1) is 11.6 Å². The van der Waals surface area contributed by atoms with Gasteiger partial charge in [-0.25, -0.2) is 0 Å². The molecule has 1 N–H and O–H groups in total. The van der Waals surface area contributed by atoms with Gasteiger partial charge in [0, 0.05) is 5.69 Å². The normalized spacial score (nSPS) is 9.35. The van der Waals surface area contributed by atoms with Crippen LogP contribution >= 0.6 is 0 Å². The van der Waals surface area contributed by atoms with E-state index >= 15 is 0 Å². The SMILES string of the molecule is C=CNc1ccc(C#N)cc1C.CCCc1ccc(C)cc1C. The number of nitrogens with one attached hydrogen (secondary N) is 1. The fourth-order valence-corrected chi connectivity index (χ4v) is 2.40. The minimum atomic E-state index is 0.683. The molecule has 0 saturated carbocycles. The molecule has 0 saturated heterocycles. The molecular formula is C21H26N2. The standard InChI is InChI=1S/C11H16.C10H10N2/c1-4-5-11-7-6-9(2)8-10(11)3;1-3-12-10-5-4-9(7-11)6-8(10)2/h6-8H,4-5H2,1-3H3;3-6,12H,1H2,2H3. The highest BCUT2D eigenvalue weighted by Crippen LogP contribution is 2.15. The molecule has 0 spiro atoms. The van der Waals surface area contributed by atoms with Gasteiger partial charge in [0.2, 0.25) is 0 Å². The van der Waals surface area contributed by atoms with Crippen LogP contribution in [0.3, 0.4) is 0 Å². The molecule has 0 aliphatic rings. The van der Waals surface area contributed by atoms with Crippen LogP contribution in [0.25, 0.3) is 0 Å². The number of nitriles is 1. The highest BCUT2D eigenvalue weighted by atomic mass is 14.8. The lowest BCUT2D eigenvalue weighted by Gasteiger charge is -2.04. The maximum absolute atomic E-state index is 8.59. The van der Waals surface area contributed by atoms with Crippen LogP contribution in [0.4, 0.5) is 5.69 Å². The molecule has 0 unspecified atom stereocenters. The molecule has 0 bridgehead atoms. The highest BCUT2D eigenvalue weighted by Gasteiger charge is 1.96. The highest BCUT2D eigenvalue weighted by molar-refractivity contribution is 5.55. The average molecular weight is 306 g/mol. The second kappa shape index (κ2) is 9.48. The van der Waals surface area contributed by atoms with E-state index in [0.717, 1.165) is 11.3 Å². The van der Waals surface area contributed by atoms with Crippen LogP contribution < -0.4 is 5.32 Å². The van der Waals surface area contributed by atoms with Gasteiger partial charge in [-0.3, -0.25) is 0 Å². The van der Waals surface area contributed by atoms with E-state index < -0.39 is 0 Å². The van der Waals surface area contributed by atoms with Crippen molar-refractivity contribution in [1.82, 2.24) is 0 Å². The predicted octanol–water partition coefficient (Wildman–Crippen LogP) is 5.68. The maximum atomic E-state index is 8.59. The molecule has 23 heavy (non-hydrogen) atoms. The molecule has 0 atom stereocenters. The Kier molecular flexibility index (Phi) is 7.63. The van der Waals surface area contributed by atoms with Crippen molar-refractivity contribution in [2.45, 2.75) is 40.5 Å². The molecule has 0 aromatic heterocycles. The monoisotopic (exact) mass is 306 g/mol. The van der Waals surface area contributed by atoms with E-state index in [9.17, 15) is 0 Å². The van der Waals surface area contributed by atoms with E-state index in [1.807, 2.05) is 19.1 Å². The van der Waals surface area contributed by atoms with E-state index in [-0.39, 0.29) is 0 Å². The first kappa shape index (κ1) is 18.5. The Balaban J connectivity index is 0.000000231. The second-order valence-corrected chi connectivity index (χ2v) is 5.67. The fraction of sp³-hybridized carbons (Fsp3) is 0.286. The van der Waals surface area contributed by atoms with E-state index in [1.54, 1.807) is 12.3 Å². The predicted molar refractivity (Wildman–Crippen MR) is 99.6 cm³/mol. The van der Waals surface area contributed by atoms with E-state index in [2.05, 4.69) is 56.9 Å². The average Bonchev–Trinajstić information content (AvgIpc) is 2.53. The largest absolute Gasteiger partial charge is 0.362 e. The number of aryl methyl sites for hydroxylation is 4. The number of hydrogen-bond acceptors (Lipinski definition) is 2. The molecule has 0 heterocycles. The zero-order valence-electron chi connectivity index (χ0n) is 14.6. The Hall–Kier alpha value is -2.53. The van der Waals surface area contributed by atoms with Gasteiger partial charge in [0.25, 0.3) is 0 Å². The molecule has 0 fully saturated rings. The quantitative estimate of drug-likeness (QED) is 0.789. The van der Waals surface area contributed by atoms with Crippen LogP contribution in [-0.2, 0) is 6.42 Å². The molecule has 0 aliphatic heterocycles. The lowest BCUT2D eigenvalue weighted by molar-refractivity contribution is 0.912. The molecule has 2 aromatic rings. The molecule has 2 nitrogen and oxygen atoms in total. The number of anilines is 1. The summed E-state index contributed by atoms with van der Waals surface area (Å²) >= 11 is 0. The summed E-state index contributed by atoms with van der Waals surface area (Å²) in [6.07, 6.45) is 4.07. The first-order valence-electron chi connectivity index (χ1n) is 7.96. The van der Waals surface area contributed by atoms with E-state index in [4.69, 9.17) is 5.26 Å². The Labute approximate surface area is 140 Å². The Morgan fingerprint density at radius 3 is 2.35 bits per heavy atom. The lowest BCUT2D eigenvalue weighted by atomic mass is 10.0. The van der Waals surface area contributed by atoms with Crippen molar-refractivity contribution in [2.75, 3.05) is 5.32 Å². The molecule has 120 valence electrons. The number of hydrogen-bond donors (Lipinski definition) is 1. The third kappa shape index (κ3) is 6.00. The molecule has 0 aliphatic carbocycles. The van der Waals surface area contributed by atoms with Crippen LogP contribution in [0.15, 0.2) is 49.2 Å². The molecule has 2 rings (SSSR count). The summed E-state index contributed by atoms with van der Waals surface area (Å²) < 4.78 is 0. The Morgan fingerprint density at radius 1 is 1.09 bits per heavy atom. The van der Waals surface area contributed by atoms with Crippen LogP contribution in [0.5, 0.6) is 0 Å². The van der Waals surface area contributed by atoms with Crippen molar-refractivity contribution in [3.05, 3.63) is 77.0 Å². The summed E-state index contributed by atoms with van der Waals surface area (Å²) in [4.78, 5) is 0. The topological polar surface area (TPSA) is 35.8 Å². The Morgan fingerprint density at radius 2 is 1.83 bits per heavy atom. The van der Waals surface area contributed by atoms with E-state index in [1.165, 1.54) is 29.5 Å². The van der Waals surface area contributed by atoms with Gasteiger partial charge in [-0.2, -0.15) is 5.26 Å². The maximum Gasteiger partial charge on any atom is 0.0991 e. The number of rotatable bonds is 4. The van der Waals surface area contributed by atoms with Gasteiger partial charge in [0.15, 0.2) is 0 Å². The third-order valence-electron chi connectivity index (χ3n) is 3.63. The zero-order valence-corrected chi connectivity index (χ0v) is 14.6. The minimum absolute atomic E-state index is 0.683. The van der Waals surface area contributed by atoms with Crippen molar-refractivity contribution >= 4 is 5.69 Å². The molecule has 0 radical (unpaired) electrons. The summed E-state index contributed by atoms with van der Waals surface area (Å²) in [7, 11) is 0. The van der Waals surface area contributed by atoms with Crippen LogP contribution in [0.1, 0.15) is 41.2 Å². The van der Waals surface area contributed by atoms with Crippen molar-refractivity contribution in [3.63, 3.8) is 0 Å². The fourth-order valence-electron chi connectivity index (χ4n) is 2.40. The summed E-state index contributed by atoms with van der Waals surface area (Å²) in [5.74, 6) is 0. The first-order chi connectivity index (χ1) is 11.0. The lowest BCUT2D eigenvalue weighted by Crippen LogP contribution is -1.90. The van der Waals surface area contributed by atoms with Gasteiger partial charge in [-0.15, -0.1) is 0 Å². The van der Waals surface area contributed by atoms with Crippen LogP contribution in [-0.4, -0.2) is 0 Å². The van der Waals surface area contributed by atoms with Crippen LogP contribution in [0, 0.1) is 32.1 Å². The smallest absolute Gasteiger partial charge is 0.0991 e. The molecule has 2 heteroatoms. The zero-order chi connectivity index (χ0) is 17.2. The van der Waals surface area contributed by atoms with Gasteiger partial charge in [-0.05, 0) is 68.3 Å². The Bertz CT molecular complexity index is 693. The molecule has 0 amide bonds. The van der Waals surface area contributed by atoms with E-state index in [0.29, 0.717) is 5.56 Å².